The van der Waals surface area contributed by atoms with Crippen LogP contribution in [0.25, 0.3) is 0 Å². The predicted molar refractivity (Wildman–Crippen MR) is 122 cm³/mol. The highest BCUT2D eigenvalue weighted by atomic mass is 16.7. The molecule has 3 aliphatic heterocycles. The molecule has 0 saturated carbocycles. The lowest BCUT2D eigenvalue weighted by atomic mass is 9.85. The zero-order valence-corrected chi connectivity index (χ0v) is 20.3. The van der Waals surface area contributed by atoms with Crippen molar-refractivity contribution in [3.8, 4) is 0 Å². The molecule has 33 heavy (non-hydrogen) atoms. The van der Waals surface area contributed by atoms with E-state index >= 15 is 0 Å². The van der Waals surface area contributed by atoms with Crippen LogP contribution < -0.4 is 5.32 Å². The van der Waals surface area contributed by atoms with Crippen molar-refractivity contribution in [2.75, 3.05) is 19.8 Å². The lowest BCUT2D eigenvalue weighted by molar-refractivity contribution is -0.187. The second-order valence-electron chi connectivity index (χ2n) is 9.79. The van der Waals surface area contributed by atoms with Crippen molar-refractivity contribution in [3.63, 3.8) is 0 Å². The topological polar surface area (TPSA) is 95.6 Å². The summed E-state index contributed by atoms with van der Waals surface area (Å²) >= 11 is 0. The average molecular weight is 464 g/mol. The van der Waals surface area contributed by atoms with Crippen molar-refractivity contribution in [1.82, 2.24) is 5.32 Å². The molecule has 8 nitrogen and oxygen atoms in total. The summed E-state index contributed by atoms with van der Waals surface area (Å²) in [5.41, 5.74) is 0.955. The van der Waals surface area contributed by atoms with E-state index < -0.39 is 6.10 Å². The molecule has 0 unspecified atom stereocenters. The fourth-order valence-corrected chi connectivity index (χ4v) is 4.28. The Kier molecular flexibility index (Phi) is 8.50. The van der Waals surface area contributed by atoms with E-state index in [2.05, 4.69) is 37.4 Å². The Hall–Kier alpha value is -2.00. The third-order valence-electron chi connectivity index (χ3n) is 5.73. The molecule has 0 radical (unpaired) electrons. The van der Waals surface area contributed by atoms with Crippen molar-refractivity contribution < 1.29 is 33.3 Å². The third-order valence-corrected chi connectivity index (χ3v) is 5.73. The average Bonchev–Trinajstić information content (AvgIpc) is 3.46. The molecule has 0 bridgehead atoms. The van der Waals surface area contributed by atoms with E-state index in [1.165, 1.54) is 19.1 Å². The molecular weight excluding hydrogens is 426 g/mol. The molecule has 0 aromatic heterocycles. The first-order valence-electron chi connectivity index (χ1n) is 11.6. The minimum atomic E-state index is -0.458. The number of carbonyl (C=O) groups is 2. The van der Waals surface area contributed by atoms with Gasteiger partial charge in [0.05, 0.1) is 43.2 Å². The van der Waals surface area contributed by atoms with Crippen LogP contribution in [0.1, 0.15) is 53.9 Å². The van der Waals surface area contributed by atoms with Gasteiger partial charge in [0.1, 0.15) is 6.10 Å². The van der Waals surface area contributed by atoms with Crippen molar-refractivity contribution in [1.29, 1.82) is 0 Å². The Morgan fingerprint density at radius 1 is 1.18 bits per heavy atom. The summed E-state index contributed by atoms with van der Waals surface area (Å²) in [7, 11) is 0. The fraction of sp³-hybridized carbons (Fsp3) is 0.680. The molecule has 3 rings (SSSR count). The highest BCUT2D eigenvalue weighted by Gasteiger charge is 2.53. The van der Waals surface area contributed by atoms with Crippen LogP contribution in [0.2, 0.25) is 0 Å². The van der Waals surface area contributed by atoms with Crippen molar-refractivity contribution in [2.24, 2.45) is 0 Å². The van der Waals surface area contributed by atoms with Crippen molar-refractivity contribution >= 4 is 11.9 Å². The Balaban J connectivity index is 1.36. The summed E-state index contributed by atoms with van der Waals surface area (Å²) in [4.78, 5) is 22.9. The molecule has 3 atom stereocenters. The normalized spacial score (nSPS) is 32.8. The van der Waals surface area contributed by atoms with Crippen LogP contribution in [0.3, 0.4) is 0 Å². The van der Waals surface area contributed by atoms with Gasteiger partial charge >= 0.3 is 5.97 Å². The molecule has 0 aromatic rings. The summed E-state index contributed by atoms with van der Waals surface area (Å²) in [6.45, 7) is 10.9. The molecule has 1 amide bonds. The van der Waals surface area contributed by atoms with Crippen LogP contribution in [0.5, 0.6) is 0 Å². The van der Waals surface area contributed by atoms with E-state index in [-0.39, 0.29) is 41.5 Å². The molecule has 3 heterocycles. The smallest absolute Gasteiger partial charge is 0.303 e. The van der Waals surface area contributed by atoms with E-state index in [1.807, 2.05) is 6.92 Å². The molecule has 3 fully saturated rings. The van der Waals surface area contributed by atoms with Gasteiger partial charge in [-0.2, -0.15) is 0 Å². The molecule has 1 N–H and O–H groups in total. The summed E-state index contributed by atoms with van der Waals surface area (Å²) in [5.74, 6) is -0.669. The van der Waals surface area contributed by atoms with Gasteiger partial charge in [-0.05, 0) is 33.8 Å². The van der Waals surface area contributed by atoms with Gasteiger partial charge in [-0.3, -0.25) is 9.59 Å². The summed E-state index contributed by atoms with van der Waals surface area (Å²) in [6, 6.07) is -0.226. The second-order valence-corrected chi connectivity index (χ2v) is 9.79. The van der Waals surface area contributed by atoms with E-state index in [0.29, 0.717) is 19.6 Å². The standard InChI is InChI=1S/C25H37NO7/c1-17(6-9-21-12-25(16-31-25)15-24(4,5)33-21)7-11-23-29-13-20(14-30-23)26-22(28)10-8-18(2)32-19(3)27/h6-10,18,20-21,23H,11-16H2,1-5H3,(H,26,28)/b9-6+,10-8+,17-7+/t18-,20?,21+,23?,25-/m1/s1. The van der Waals surface area contributed by atoms with Gasteiger partial charge in [-0.15, -0.1) is 0 Å². The zero-order chi connectivity index (χ0) is 24.1. The molecule has 0 aromatic carbocycles. The number of epoxide rings is 1. The van der Waals surface area contributed by atoms with Gasteiger partial charge in [0.15, 0.2) is 6.29 Å². The van der Waals surface area contributed by atoms with Crippen LogP contribution in [-0.4, -0.2) is 67.4 Å². The van der Waals surface area contributed by atoms with Gasteiger partial charge in [0.2, 0.25) is 5.91 Å². The van der Waals surface area contributed by atoms with Gasteiger partial charge in [0, 0.05) is 32.3 Å². The fourth-order valence-electron chi connectivity index (χ4n) is 4.28. The minimum absolute atomic E-state index is 0.0144. The highest BCUT2D eigenvalue weighted by Crippen LogP contribution is 2.46. The Bertz CT molecular complexity index is 783. The van der Waals surface area contributed by atoms with Crippen molar-refractivity contribution in [3.05, 3.63) is 36.0 Å². The van der Waals surface area contributed by atoms with E-state index in [0.717, 1.165) is 25.0 Å². The lowest BCUT2D eigenvalue weighted by Crippen LogP contribution is -2.46. The van der Waals surface area contributed by atoms with Gasteiger partial charge in [-0.25, -0.2) is 0 Å². The SMILES string of the molecule is CC(=O)O[C@H](C)/C=C/C(=O)NC1COC(C/C=C(C)/C=C/[C@H]2C[C@]3(CO3)CC(C)(C)O2)OC1. The number of esters is 1. The first-order chi connectivity index (χ1) is 15.5. The number of rotatable bonds is 8. The van der Waals surface area contributed by atoms with Crippen LogP contribution in [0, 0.1) is 0 Å². The first kappa shape index (κ1) is 25.6. The molecule has 3 saturated heterocycles. The van der Waals surface area contributed by atoms with Crippen LogP contribution in [-0.2, 0) is 33.3 Å². The first-order valence-corrected chi connectivity index (χ1v) is 11.6. The maximum atomic E-state index is 12.0. The molecule has 8 heteroatoms. The van der Waals surface area contributed by atoms with Gasteiger partial charge in [0.25, 0.3) is 0 Å². The molecule has 0 aliphatic carbocycles. The number of carbonyl (C=O) groups excluding carboxylic acids is 2. The maximum absolute atomic E-state index is 12.0. The number of allylic oxidation sites excluding steroid dienone is 2. The number of hydrogen-bond acceptors (Lipinski definition) is 7. The van der Waals surface area contributed by atoms with E-state index in [4.69, 9.17) is 23.7 Å². The minimum Gasteiger partial charge on any atom is -0.459 e. The molecule has 1 spiro atoms. The highest BCUT2D eigenvalue weighted by molar-refractivity contribution is 5.87. The van der Waals surface area contributed by atoms with E-state index in [9.17, 15) is 9.59 Å². The van der Waals surface area contributed by atoms with Crippen LogP contribution in [0.4, 0.5) is 0 Å². The quantitative estimate of drug-likeness (QED) is 0.256. The van der Waals surface area contributed by atoms with Crippen LogP contribution >= 0.6 is 0 Å². The van der Waals surface area contributed by atoms with Gasteiger partial charge in [-0.1, -0.05) is 23.8 Å². The van der Waals surface area contributed by atoms with Gasteiger partial charge < -0.3 is 29.0 Å². The number of amides is 1. The van der Waals surface area contributed by atoms with Crippen LogP contribution in [0.15, 0.2) is 36.0 Å². The summed E-state index contributed by atoms with van der Waals surface area (Å²) in [6.07, 6.45) is 10.9. The largest absolute Gasteiger partial charge is 0.459 e. The van der Waals surface area contributed by atoms with Crippen molar-refractivity contribution in [2.45, 2.75) is 89.6 Å². The third kappa shape index (κ3) is 8.70. The Labute approximate surface area is 196 Å². The zero-order valence-electron chi connectivity index (χ0n) is 20.3. The number of ether oxygens (including phenoxy) is 5. The second kappa shape index (κ2) is 11.0. The van der Waals surface area contributed by atoms with E-state index in [1.54, 1.807) is 6.92 Å². The monoisotopic (exact) mass is 463 g/mol. The number of hydrogen-bond donors (Lipinski definition) is 1. The molecule has 3 aliphatic rings. The summed E-state index contributed by atoms with van der Waals surface area (Å²) < 4.78 is 28.3. The number of nitrogens with one attached hydrogen (secondary N) is 1. The maximum Gasteiger partial charge on any atom is 0.303 e. The summed E-state index contributed by atoms with van der Waals surface area (Å²) in [5, 5.41) is 2.82. The molecular formula is C25H37NO7. The molecule has 184 valence electrons. The predicted octanol–water partition coefficient (Wildman–Crippen LogP) is 2.97. The Morgan fingerprint density at radius 3 is 2.52 bits per heavy atom. The lowest BCUT2D eigenvalue weighted by Gasteiger charge is -2.38. The Morgan fingerprint density at radius 2 is 1.88 bits per heavy atom.